The Morgan fingerprint density at radius 3 is 2.11 bits per heavy atom. The lowest BCUT2D eigenvalue weighted by atomic mass is 9.98. The summed E-state index contributed by atoms with van der Waals surface area (Å²) in [5.41, 5.74) is 0.383. The number of hydrogen-bond donors (Lipinski definition) is 1. The normalized spacial score (nSPS) is 17.8. The van der Waals surface area contributed by atoms with Gasteiger partial charge in [0.15, 0.2) is 0 Å². The van der Waals surface area contributed by atoms with E-state index in [1.807, 2.05) is 0 Å². The van der Waals surface area contributed by atoms with Crippen molar-refractivity contribution >= 4 is 33.6 Å². The van der Waals surface area contributed by atoms with Gasteiger partial charge >= 0.3 is 11.9 Å². The first-order valence-corrected chi connectivity index (χ1v) is 10.1. The van der Waals surface area contributed by atoms with E-state index in [1.165, 1.54) is 36.7 Å². The molecule has 1 atom stereocenters. The number of nitrogens with one attached hydrogen (secondary N) is 1. The molecule has 148 valence electrons. The van der Waals surface area contributed by atoms with E-state index in [-0.39, 0.29) is 29.3 Å². The number of rotatable bonds is 5. The van der Waals surface area contributed by atoms with Gasteiger partial charge in [-0.05, 0) is 31.0 Å². The van der Waals surface area contributed by atoms with Crippen LogP contribution in [-0.2, 0) is 24.3 Å². The number of piperidine rings is 1. The molecule has 1 N–H and O–H groups in total. The van der Waals surface area contributed by atoms with Gasteiger partial charge in [0.2, 0.25) is 15.9 Å². The molecule has 1 aliphatic heterocycles. The number of esters is 2. The van der Waals surface area contributed by atoms with E-state index < -0.39 is 27.9 Å². The average Bonchev–Trinajstić information content (AvgIpc) is 2.65. The minimum Gasteiger partial charge on any atom is -0.465 e. The predicted molar refractivity (Wildman–Crippen MR) is 96.9 cm³/mol. The van der Waals surface area contributed by atoms with Crippen molar-refractivity contribution in [2.45, 2.75) is 12.8 Å². The van der Waals surface area contributed by atoms with Gasteiger partial charge in [-0.25, -0.2) is 22.3 Å². The van der Waals surface area contributed by atoms with Crippen molar-refractivity contribution in [1.82, 2.24) is 4.31 Å². The van der Waals surface area contributed by atoms with Crippen molar-refractivity contribution in [3.63, 3.8) is 0 Å². The third-order valence-corrected chi connectivity index (χ3v) is 5.54. The van der Waals surface area contributed by atoms with Crippen molar-refractivity contribution in [3.8, 4) is 0 Å². The standard InChI is InChI=1S/C17H22N2O7S/c1-25-16(21)12-7-13(17(22)26-2)9-14(8-12)18-15(20)11-5-4-6-19(10-11)27(3,23)24/h7-9,11H,4-6,10H2,1-3H3,(H,18,20)/t11-/m1/s1. The lowest BCUT2D eigenvalue weighted by Crippen LogP contribution is -2.43. The number of benzene rings is 1. The summed E-state index contributed by atoms with van der Waals surface area (Å²) in [4.78, 5) is 36.2. The van der Waals surface area contributed by atoms with E-state index in [0.717, 1.165) is 6.26 Å². The minimum atomic E-state index is -3.38. The molecule has 0 aliphatic carbocycles. The van der Waals surface area contributed by atoms with Crippen LogP contribution in [0.3, 0.4) is 0 Å². The highest BCUT2D eigenvalue weighted by Crippen LogP contribution is 2.22. The smallest absolute Gasteiger partial charge is 0.337 e. The highest BCUT2D eigenvalue weighted by Gasteiger charge is 2.30. The lowest BCUT2D eigenvalue weighted by Gasteiger charge is -2.30. The second kappa shape index (κ2) is 8.49. The molecule has 1 fully saturated rings. The number of nitrogens with zero attached hydrogens (tertiary/aromatic N) is 1. The van der Waals surface area contributed by atoms with E-state index in [2.05, 4.69) is 14.8 Å². The summed E-state index contributed by atoms with van der Waals surface area (Å²) >= 11 is 0. The summed E-state index contributed by atoms with van der Waals surface area (Å²) in [5.74, 6) is -2.26. The van der Waals surface area contributed by atoms with Crippen molar-refractivity contribution in [2.24, 2.45) is 5.92 Å². The van der Waals surface area contributed by atoms with Crippen LogP contribution in [0.25, 0.3) is 0 Å². The fourth-order valence-corrected chi connectivity index (χ4v) is 3.78. The molecular weight excluding hydrogens is 376 g/mol. The maximum atomic E-state index is 12.6. The molecule has 1 aromatic rings. The van der Waals surface area contributed by atoms with Gasteiger partial charge in [0.05, 0.1) is 37.5 Å². The van der Waals surface area contributed by atoms with Crippen molar-refractivity contribution in [1.29, 1.82) is 0 Å². The molecule has 0 unspecified atom stereocenters. The molecule has 1 amide bonds. The molecule has 1 aromatic carbocycles. The third kappa shape index (κ3) is 5.27. The van der Waals surface area contributed by atoms with E-state index in [9.17, 15) is 22.8 Å². The molecule has 0 saturated carbocycles. The Labute approximate surface area is 157 Å². The van der Waals surface area contributed by atoms with E-state index in [4.69, 9.17) is 0 Å². The lowest BCUT2D eigenvalue weighted by molar-refractivity contribution is -0.120. The summed E-state index contributed by atoms with van der Waals surface area (Å²) in [5, 5.41) is 2.65. The quantitative estimate of drug-likeness (QED) is 0.731. The summed E-state index contributed by atoms with van der Waals surface area (Å²) < 4.78 is 34.0. The van der Waals surface area contributed by atoms with Gasteiger partial charge in [-0.1, -0.05) is 0 Å². The third-order valence-electron chi connectivity index (χ3n) is 4.27. The predicted octanol–water partition coefficient (Wildman–Crippen LogP) is 0.870. The van der Waals surface area contributed by atoms with Crippen LogP contribution < -0.4 is 5.32 Å². The molecule has 2 rings (SSSR count). The molecule has 0 radical (unpaired) electrons. The average molecular weight is 398 g/mol. The van der Waals surface area contributed by atoms with Gasteiger partial charge in [0.1, 0.15) is 0 Å². The highest BCUT2D eigenvalue weighted by atomic mass is 32.2. The maximum absolute atomic E-state index is 12.6. The summed E-state index contributed by atoms with van der Waals surface area (Å²) in [6.45, 7) is 0.470. The van der Waals surface area contributed by atoms with Crippen LogP contribution in [-0.4, -0.2) is 64.1 Å². The molecule has 0 spiro atoms. The fraction of sp³-hybridized carbons (Fsp3) is 0.471. The monoisotopic (exact) mass is 398 g/mol. The zero-order valence-corrected chi connectivity index (χ0v) is 16.2. The molecule has 27 heavy (non-hydrogen) atoms. The topological polar surface area (TPSA) is 119 Å². The van der Waals surface area contributed by atoms with Crippen LogP contribution in [0.4, 0.5) is 5.69 Å². The first kappa shape index (κ1) is 20.8. The molecule has 1 heterocycles. The van der Waals surface area contributed by atoms with Gasteiger partial charge in [-0.3, -0.25) is 4.79 Å². The zero-order valence-electron chi connectivity index (χ0n) is 15.4. The fourth-order valence-electron chi connectivity index (χ4n) is 2.87. The first-order valence-electron chi connectivity index (χ1n) is 8.23. The minimum absolute atomic E-state index is 0.0807. The summed E-state index contributed by atoms with van der Waals surface area (Å²) in [6.07, 6.45) is 2.22. The van der Waals surface area contributed by atoms with Gasteiger partial charge in [-0.2, -0.15) is 0 Å². The second-order valence-electron chi connectivity index (χ2n) is 6.23. The summed E-state index contributed by atoms with van der Waals surface area (Å²) in [7, 11) is -0.974. The molecule has 0 aromatic heterocycles. The van der Waals surface area contributed by atoms with E-state index >= 15 is 0 Å². The number of anilines is 1. The number of carbonyl (C=O) groups is 3. The number of methoxy groups -OCH3 is 2. The number of ether oxygens (including phenoxy) is 2. The molecular formula is C17H22N2O7S. The maximum Gasteiger partial charge on any atom is 0.337 e. The van der Waals surface area contributed by atoms with Crippen LogP contribution >= 0.6 is 0 Å². The Morgan fingerprint density at radius 1 is 1.07 bits per heavy atom. The van der Waals surface area contributed by atoms with Gasteiger partial charge in [-0.15, -0.1) is 0 Å². The summed E-state index contributed by atoms with van der Waals surface area (Å²) in [6, 6.07) is 4.07. The number of hydrogen-bond acceptors (Lipinski definition) is 7. The van der Waals surface area contributed by atoms with Crippen molar-refractivity contribution in [3.05, 3.63) is 29.3 Å². The number of sulfonamides is 1. The van der Waals surface area contributed by atoms with Gasteiger partial charge in [0, 0.05) is 18.8 Å². The van der Waals surface area contributed by atoms with E-state index in [1.54, 1.807) is 0 Å². The van der Waals surface area contributed by atoms with Crippen LogP contribution in [0.5, 0.6) is 0 Å². The van der Waals surface area contributed by atoms with Crippen LogP contribution in [0, 0.1) is 5.92 Å². The Balaban J connectivity index is 2.23. The SMILES string of the molecule is COC(=O)c1cc(NC(=O)[C@@H]2CCCN(S(C)(=O)=O)C2)cc(C(=O)OC)c1. The van der Waals surface area contributed by atoms with Crippen LogP contribution in [0.1, 0.15) is 33.6 Å². The molecule has 9 nitrogen and oxygen atoms in total. The van der Waals surface area contributed by atoms with Gasteiger partial charge in [0.25, 0.3) is 0 Å². The van der Waals surface area contributed by atoms with Gasteiger partial charge < -0.3 is 14.8 Å². The van der Waals surface area contributed by atoms with Crippen molar-refractivity contribution < 1.29 is 32.3 Å². The zero-order chi connectivity index (χ0) is 20.2. The Morgan fingerprint density at radius 2 is 1.63 bits per heavy atom. The van der Waals surface area contributed by atoms with E-state index in [0.29, 0.717) is 19.4 Å². The number of amides is 1. The largest absolute Gasteiger partial charge is 0.465 e. The highest BCUT2D eigenvalue weighted by molar-refractivity contribution is 7.88. The molecule has 0 bridgehead atoms. The van der Waals surface area contributed by atoms with Crippen LogP contribution in [0.15, 0.2) is 18.2 Å². The Kier molecular flexibility index (Phi) is 6.55. The molecule has 10 heteroatoms. The van der Waals surface area contributed by atoms with Crippen molar-refractivity contribution in [2.75, 3.05) is 38.9 Å². The van der Waals surface area contributed by atoms with Crippen LogP contribution in [0.2, 0.25) is 0 Å². The Bertz CT molecular complexity index is 817. The number of carbonyl (C=O) groups excluding carboxylic acids is 3. The molecule has 1 saturated heterocycles. The Hall–Kier alpha value is -2.46. The first-order chi connectivity index (χ1) is 12.7. The second-order valence-corrected chi connectivity index (χ2v) is 8.21. The molecule has 1 aliphatic rings.